The van der Waals surface area contributed by atoms with E-state index in [9.17, 15) is 8.78 Å². The standard InChI is InChI=1S/C12H16F2N4O2/c1-2-3-6-16-11(18-15)17-8-4-5-9-10(7-8)20-12(13,14)19-9/h4-5,7H,2-3,6,15H2,1H3,(H2,16,17,18). The molecule has 1 aromatic carbocycles. The number of aliphatic imine (C=N–C) groups is 1. The lowest BCUT2D eigenvalue weighted by atomic mass is 10.3. The number of hydrogen-bond acceptors (Lipinski definition) is 4. The van der Waals surface area contributed by atoms with Crippen molar-refractivity contribution in [2.75, 3.05) is 11.9 Å². The van der Waals surface area contributed by atoms with Gasteiger partial charge in [0, 0.05) is 18.3 Å². The first-order chi connectivity index (χ1) is 9.54. The minimum atomic E-state index is -3.62. The lowest BCUT2D eigenvalue weighted by molar-refractivity contribution is -0.286. The van der Waals surface area contributed by atoms with Crippen LogP contribution in [0.2, 0.25) is 0 Å². The fourth-order valence-corrected chi connectivity index (χ4v) is 1.63. The largest absolute Gasteiger partial charge is 0.586 e. The number of anilines is 1. The molecule has 1 heterocycles. The number of alkyl halides is 2. The summed E-state index contributed by atoms with van der Waals surface area (Å²) < 4.78 is 34.4. The predicted octanol–water partition coefficient (Wildman–Crippen LogP) is 2.04. The molecular formula is C12H16F2N4O2. The number of rotatable bonds is 4. The summed E-state index contributed by atoms with van der Waals surface area (Å²) in [6.07, 6.45) is -1.67. The van der Waals surface area contributed by atoms with Crippen LogP contribution in [-0.4, -0.2) is 18.8 Å². The normalized spacial score (nSPS) is 16.1. The average Bonchev–Trinajstić information content (AvgIpc) is 2.71. The van der Waals surface area contributed by atoms with Crippen molar-refractivity contribution < 1.29 is 18.3 Å². The maximum atomic E-state index is 12.9. The highest BCUT2D eigenvalue weighted by Gasteiger charge is 2.43. The number of guanidine groups is 1. The molecule has 1 aliphatic rings. The van der Waals surface area contributed by atoms with Crippen molar-refractivity contribution in [1.29, 1.82) is 0 Å². The van der Waals surface area contributed by atoms with Gasteiger partial charge in [0.15, 0.2) is 11.5 Å². The Morgan fingerprint density at radius 3 is 2.80 bits per heavy atom. The fourth-order valence-electron chi connectivity index (χ4n) is 1.63. The van der Waals surface area contributed by atoms with Gasteiger partial charge in [-0.05, 0) is 18.6 Å². The summed E-state index contributed by atoms with van der Waals surface area (Å²) >= 11 is 0. The molecule has 0 unspecified atom stereocenters. The zero-order valence-electron chi connectivity index (χ0n) is 11.0. The van der Waals surface area contributed by atoms with E-state index >= 15 is 0 Å². The van der Waals surface area contributed by atoms with E-state index in [4.69, 9.17) is 5.84 Å². The minimum Gasteiger partial charge on any atom is -0.395 e. The molecule has 4 N–H and O–H groups in total. The number of unbranched alkanes of at least 4 members (excludes halogenated alkanes) is 1. The topological polar surface area (TPSA) is 80.9 Å². The summed E-state index contributed by atoms with van der Waals surface area (Å²) in [5.74, 6) is 5.64. The van der Waals surface area contributed by atoms with Gasteiger partial charge in [-0.1, -0.05) is 13.3 Å². The van der Waals surface area contributed by atoms with Gasteiger partial charge >= 0.3 is 6.29 Å². The molecule has 0 fully saturated rings. The first kappa shape index (κ1) is 14.3. The number of nitrogens with zero attached hydrogens (tertiary/aromatic N) is 1. The van der Waals surface area contributed by atoms with Gasteiger partial charge in [0.2, 0.25) is 5.96 Å². The number of nitrogens with one attached hydrogen (secondary N) is 2. The second kappa shape index (κ2) is 5.91. The molecule has 0 bridgehead atoms. The van der Waals surface area contributed by atoms with Crippen LogP contribution in [0.25, 0.3) is 0 Å². The zero-order valence-corrected chi connectivity index (χ0v) is 11.0. The first-order valence-electron chi connectivity index (χ1n) is 6.22. The van der Waals surface area contributed by atoms with Gasteiger partial charge in [0.1, 0.15) is 0 Å². The van der Waals surface area contributed by atoms with E-state index in [1.165, 1.54) is 12.1 Å². The molecule has 20 heavy (non-hydrogen) atoms. The number of ether oxygens (including phenoxy) is 2. The Labute approximate surface area is 114 Å². The van der Waals surface area contributed by atoms with Crippen LogP contribution in [0.4, 0.5) is 14.5 Å². The molecule has 1 aromatic rings. The van der Waals surface area contributed by atoms with Gasteiger partial charge in [-0.2, -0.15) is 0 Å². The van der Waals surface area contributed by atoms with Crippen LogP contribution < -0.4 is 26.1 Å². The van der Waals surface area contributed by atoms with Crippen LogP contribution in [0.15, 0.2) is 23.2 Å². The van der Waals surface area contributed by atoms with Crippen LogP contribution in [0.3, 0.4) is 0 Å². The van der Waals surface area contributed by atoms with Crippen molar-refractivity contribution in [3.05, 3.63) is 18.2 Å². The highest BCUT2D eigenvalue weighted by molar-refractivity contribution is 5.93. The van der Waals surface area contributed by atoms with Gasteiger partial charge in [-0.3, -0.25) is 10.4 Å². The predicted molar refractivity (Wildman–Crippen MR) is 70.8 cm³/mol. The van der Waals surface area contributed by atoms with Crippen LogP contribution >= 0.6 is 0 Å². The molecule has 0 amide bonds. The molecule has 0 saturated carbocycles. The maximum absolute atomic E-state index is 12.9. The number of hydrazine groups is 1. The Kier molecular flexibility index (Phi) is 4.23. The highest BCUT2D eigenvalue weighted by Crippen LogP contribution is 2.42. The van der Waals surface area contributed by atoms with Crippen molar-refractivity contribution >= 4 is 11.6 Å². The fraction of sp³-hybridized carbons (Fsp3) is 0.417. The Bertz CT molecular complexity index is 508. The van der Waals surface area contributed by atoms with E-state index in [-0.39, 0.29) is 11.5 Å². The Hall–Kier alpha value is -2.09. The Balaban J connectivity index is 2.06. The van der Waals surface area contributed by atoms with Crippen molar-refractivity contribution in [1.82, 2.24) is 5.43 Å². The third-order valence-electron chi connectivity index (χ3n) is 2.58. The molecule has 8 heteroatoms. The summed E-state index contributed by atoms with van der Waals surface area (Å²) in [5, 5.41) is 2.88. The molecule has 0 saturated heterocycles. The summed E-state index contributed by atoms with van der Waals surface area (Å²) in [4.78, 5) is 4.20. The number of nitrogens with two attached hydrogens (primary N) is 1. The van der Waals surface area contributed by atoms with Gasteiger partial charge < -0.3 is 14.8 Å². The number of fused-ring (bicyclic) bond motifs is 1. The van der Waals surface area contributed by atoms with Gasteiger partial charge in [-0.15, -0.1) is 8.78 Å². The zero-order chi connectivity index (χ0) is 14.6. The molecule has 6 nitrogen and oxygen atoms in total. The lowest BCUT2D eigenvalue weighted by Crippen LogP contribution is -2.36. The van der Waals surface area contributed by atoms with E-state index in [1.807, 2.05) is 0 Å². The summed E-state index contributed by atoms with van der Waals surface area (Å²) in [6.45, 7) is 2.67. The minimum absolute atomic E-state index is 0.00858. The van der Waals surface area contributed by atoms with Crippen LogP contribution in [0.5, 0.6) is 11.5 Å². The molecule has 0 aliphatic carbocycles. The van der Waals surface area contributed by atoms with Crippen molar-refractivity contribution in [2.45, 2.75) is 26.1 Å². The summed E-state index contributed by atoms with van der Waals surface area (Å²) in [7, 11) is 0. The maximum Gasteiger partial charge on any atom is 0.586 e. The molecule has 110 valence electrons. The molecule has 2 rings (SSSR count). The molecule has 1 aliphatic heterocycles. The molecule has 0 aromatic heterocycles. The van der Waals surface area contributed by atoms with E-state index in [2.05, 4.69) is 32.1 Å². The van der Waals surface area contributed by atoms with Gasteiger partial charge in [0.25, 0.3) is 0 Å². The van der Waals surface area contributed by atoms with E-state index in [0.29, 0.717) is 18.2 Å². The Morgan fingerprint density at radius 2 is 2.10 bits per heavy atom. The quantitative estimate of drug-likeness (QED) is 0.259. The summed E-state index contributed by atoms with van der Waals surface area (Å²) in [5.41, 5.74) is 2.92. The molecule has 0 atom stereocenters. The second-order valence-corrected chi connectivity index (χ2v) is 4.18. The van der Waals surface area contributed by atoms with Gasteiger partial charge in [-0.25, -0.2) is 5.84 Å². The molecule has 0 spiro atoms. The lowest BCUT2D eigenvalue weighted by Gasteiger charge is -2.09. The number of benzene rings is 1. The number of hydrogen-bond donors (Lipinski definition) is 3. The van der Waals surface area contributed by atoms with E-state index in [0.717, 1.165) is 12.8 Å². The molecular weight excluding hydrogens is 270 g/mol. The van der Waals surface area contributed by atoms with Crippen LogP contribution in [0.1, 0.15) is 19.8 Å². The van der Waals surface area contributed by atoms with Crippen molar-refractivity contribution in [3.8, 4) is 11.5 Å². The van der Waals surface area contributed by atoms with E-state index in [1.54, 1.807) is 6.07 Å². The third-order valence-corrected chi connectivity index (χ3v) is 2.58. The third kappa shape index (κ3) is 3.47. The van der Waals surface area contributed by atoms with Crippen LogP contribution in [0, 0.1) is 0 Å². The van der Waals surface area contributed by atoms with Crippen molar-refractivity contribution in [2.24, 2.45) is 10.8 Å². The second-order valence-electron chi connectivity index (χ2n) is 4.18. The van der Waals surface area contributed by atoms with Crippen LogP contribution in [-0.2, 0) is 0 Å². The average molecular weight is 286 g/mol. The monoisotopic (exact) mass is 286 g/mol. The van der Waals surface area contributed by atoms with E-state index < -0.39 is 6.29 Å². The highest BCUT2D eigenvalue weighted by atomic mass is 19.3. The van der Waals surface area contributed by atoms with Gasteiger partial charge in [0.05, 0.1) is 0 Å². The smallest absolute Gasteiger partial charge is 0.395 e. The molecule has 0 radical (unpaired) electrons. The van der Waals surface area contributed by atoms with Crippen molar-refractivity contribution in [3.63, 3.8) is 0 Å². The SMILES string of the molecule is CCCCN=C(NN)Nc1ccc2c(c1)OC(F)(F)O2. The first-order valence-corrected chi connectivity index (χ1v) is 6.22. The number of halogens is 2. The summed E-state index contributed by atoms with van der Waals surface area (Å²) in [6, 6.07) is 4.35. The Morgan fingerprint density at radius 1 is 1.35 bits per heavy atom.